The second kappa shape index (κ2) is 34.5. The number of nitrogens with zero attached hydrogens (tertiary/aromatic N) is 5. The van der Waals surface area contributed by atoms with E-state index in [0.717, 1.165) is 9.80 Å². The lowest BCUT2D eigenvalue weighted by Gasteiger charge is -2.36. The van der Waals surface area contributed by atoms with Crippen LogP contribution in [0.2, 0.25) is 0 Å². The summed E-state index contributed by atoms with van der Waals surface area (Å²) in [5.41, 5.74) is 6.06. The number of nitrogens with one attached hydrogen (secondary N) is 6. The number of carboxylic acid groups (broad SMARTS) is 2. The van der Waals surface area contributed by atoms with Crippen molar-refractivity contribution >= 4 is 100.0 Å². The number of aliphatic hydroxyl groups is 1. The van der Waals surface area contributed by atoms with Gasteiger partial charge in [-0.1, -0.05) is 18.6 Å². The topological polar surface area (TPSA) is 456 Å². The lowest BCUT2D eigenvalue weighted by molar-refractivity contribution is -0.148. The first-order valence-corrected chi connectivity index (χ1v) is 35.1. The Morgan fingerprint density at radius 2 is 1.24 bits per heavy atom. The van der Waals surface area contributed by atoms with Gasteiger partial charge in [-0.05, 0) is 152 Å². The van der Waals surface area contributed by atoms with Gasteiger partial charge in [0, 0.05) is 93.0 Å². The highest BCUT2D eigenvalue weighted by Gasteiger charge is 2.54. The first kappa shape index (κ1) is 76.7. The van der Waals surface area contributed by atoms with Gasteiger partial charge in [0.05, 0.1) is 24.8 Å². The number of ether oxygens (including phenoxy) is 2. The number of phenols is 2. The van der Waals surface area contributed by atoms with E-state index >= 15 is 0 Å². The van der Waals surface area contributed by atoms with Crippen molar-refractivity contribution in [1.82, 2.24) is 51.1 Å². The van der Waals surface area contributed by atoms with Crippen LogP contribution < -0.4 is 42.4 Å². The van der Waals surface area contributed by atoms with Gasteiger partial charge < -0.3 is 97.1 Å². The van der Waals surface area contributed by atoms with Gasteiger partial charge in [-0.15, -0.1) is 0 Å². The SMILES string of the molecule is C[C@@H]1NC(=O)[C@H]([C@@H](C)O)NC(=O)[C@@H]2CCCN2C(=O)[C@H](CCC(=O)O)NC(=O)CN(C(=O)CCCCNC(=S)Nc2ccc3c(c2)C2(OC3=O)c3ccc(O)cc3Oc3cc(O)ccc32)CCCCCC=CCN(CC(N)=O)C(=O)[C@H](CCC(=O)O)NC(=O)[C@@H]2CCCN2C(=O)[C@@H]2CCCN2C1=O. The number of phenolic OH excluding ortho intramolecular Hbond substituents is 2. The van der Waals surface area contributed by atoms with Crippen LogP contribution in [0.4, 0.5) is 5.69 Å². The number of hydrogen-bond acceptors (Lipinski definition) is 19. The molecule has 0 radical (unpaired) electrons. The lowest BCUT2D eigenvalue weighted by Crippen LogP contribution is -2.61. The van der Waals surface area contributed by atoms with Crippen molar-refractivity contribution < 1.29 is 97.3 Å². The number of aliphatic carboxylic acids is 2. The number of carbonyl (C=O) groups excluding carboxylic acids is 11. The summed E-state index contributed by atoms with van der Waals surface area (Å²) in [6.07, 6.45) is 3.56. The number of benzene rings is 3. The number of aliphatic hydroxyl groups excluding tert-OH is 1. The second-order valence-corrected chi connectivity index (χ2v) is 26.9. The minimum atomic E-state index is -1.70. The summed E-state index contributed by atoms with van der Waals surface area (Å²) in [6, 6.07) is 4.19. The van der Waals surface area contributed by atoms with Crippen LogP contribution in [0, 0.1) is 0 Å². The average Bonchev–Trinajstić information content (AvgIpc) is 1.60. The molecule has 0 unspecified atom stereocenters. The van der Waals surface area contributed by atoms with Crippen molar-refractivity contribution in [1.29, 1.82) is 0 Å². The van der Waals surface area contributed by atoms with Crippen molar-refractivity contribution in [3.8, 4) is 23.0 Å². The summed E-state index contributed by atoms with van der Waals surface area (Å²) in [5, 5.41) is 67.8. The maximum Gasteiger partial charge on any atom is 0.340 e. The third kappa shape index (κ3) is 18.6. The summed E-state index contributed by atoms with van der Waals surface area (Å²) >= 11 is 5.67. The number of thiocarbonyl (C=S) groups is 1. The van der Waals surface area contributed by atoms with Crippen LogP contribution in [0.5, 0.6) is 23.0 Å². The highest BCUT2D eigenvalue weighted by atomic mass is 32.1. The number of allylic oxidation sites excluding steroid dienone is 1. The Hall–Kier alpha value is -10.4. The Morgan fingerprint density at radius 3 is 1.85 bits per heavy atom. The van der Waals surface area contributed by atoms with Gasteiger partial charge in [0.25, 0.3) is 0 Å². The van der Waals surface area contributed by atoms with Gasteiger partial charge in [0.15, 0.2) is 10.7 Å². The van der Waals surface area contributed by atoms with Gasteiger partial charge in [-0.3, -0.25) is 57.5 Å². The number of unbranched alkanes of at least 4 members (excludes halogenated alkanes) is 1. The number of amides is 10. The number of aromatic hydroxyl groups is 2. The summed E-state index contributed by atoms with van der Waals surface area (Å²) in [4.78, 5) is 184. The van der Waals surface area contributed by atoms with Crippen LogP contribution in [-0.2, 0) is 67.9 Å². The molecule has 9 rings (SSSR count). The van der Waals surface area contributed by atoms with E-state index in [4.69, 9.17) is 27.4 Å². The van der Waals surface area contributed by atoms with Gasteiger partial charge in [-0.25, -0.2) is 4.79 Å². The van der Waals surface area contributed by atoms with Crippen molar-refractivity contribution in [3.05, 3.63) is 89.0 Å². The molecule has 8 atom stereocenters. The molecule has 6 aliphatic rings. The molecule has 6 aliphatic heterocycles. The molecule has 32 nitrogen and oxygen atoms in total. The van der Waals surface area contributed by atoms with Crippen LogP contribution in [-0.4, -0.2) is 233 Å². The zero-order valence-corrected chi connectivity index (χ0v) is 58.0. The Kier molecular flexibility index (Phi) is 25.7. The Bertz CT molecular complexity index is 3780. The first-order valence-electron chi connectivity index (χ1n) is 34.7. The van der Waals surface area contributed by atoms with Gasteiger partial charge >= 0.3 is 17.9 Å². The molecule has 3 fully saturated rings. The molecule has 0 aliphatic carbocycles. The minimum Gasteiger partial charge on any atom is -0.508 e. The number of rotatable bonds is 15. The maximum absolute atomic E-state index is 14.5. The fourth-order valence-corrected chi connectivity index (χ4v) is 14.2. The predicted molar refractivity (Wildman–Crippen MR) is 369 cm³/mol. The van der Waals surface area contributed by atoms with Crippen LogP contribution in [0.25, 0.3) is 0 Å². The predicted octanol–water partition coefficient (Wildman–Crippen LogP) is 1.44. The molecular formula is C70H88N12O20S. The molecule has 3 aromatic rings. The van der Waals surface area contributed by atoms with E-state index in [-0.39, 0.29) is 111 Å². The quantitative estimate of drug-likeness (QED) is 0.0443. The lowest BCUT2D eigenvalue weighted by atomic mass is 9.77. The molecule has 3 aromatic carbocycles. The molecule has 33 heteroatoms. The van der Waals surface area contributed by atoms with Gasteiger partial charge in [0.2, 0.25) is 59.1 Å². The number of nitrogens with two attached hydrogens (primary N) is 1. The largest absolute Gasteiger partial charge is 0.508 e. The Balaban J connectivity index is 0.897. The molecule has 10 amide bonds. The standard InChI is InChI=1S/C70H88N12O20S/c1-39-64(96)82-33-13-16-52(82)67(99)81-32-12-14-50(81)61(93)76-48(24-26-58(89)90)65(97)79(37-55(71)86)30-10-6-4-3-5-9-29-78(38-56(87)75-49(25-27-59(91)92)66(98)80-31-11-15-51(80)62(94)77-60(40(2)83)63(95)73-39)57(88)17-7-8-28-72-69(103)74-41-18-21-44-47(34-41)70(102-68(44)100)45-22-19-42(84)35-53(45)101-54-36-43(85)20-23-46(54)70/h6,10,18-23,34-36,39-40,48-52,60,83-85H,3-5,7-9,11-17,24-33,37-38H2,1-2H3,(H2,71,86)(H,73,95)(H,75,87)(H,76,93)(H,77,94)(H,89,90)(H,91,92)(H2,72,74,103)/t39-,40+,48-,49-,50-,51-,52-,60-/m0/s1. The van der Waals surface area contributed by atoms with Gasteiger partial charge in [-0.2, -0.15) is 0 Å². The van der Waals surface area contributed by atoms with E-state index in [1.54, 1.807) is 42.5 Å². The molecule has 0 bridgehead atoms. The highest BCUT2D eigenvalue weighted by molar-refractivity contribution is 7.80. The Morgan fingerprint density at radius 1 is 0.650 bits per heavy atom. The zero-order chi connectivity index (χ0) is 74.4. The average molecular weight is 1450 g/mol. The molecular weight excluding hydrogens is 1360 g/mol. The number of carboxylic acids is 2. The summed E-state index contributed by atoms with van der Waals surface area (Å²) in [6.45, 7) is 1.65. The number of primary amides is 1. The molecule has 0 aromatic heterocycles. The fourth-order valence-electron chi connectivity index (χ4n) is 14.0. The molecule has 554 valence electrons. The van der Waals surface area contributed by atoms with Crippen molar-refractivity contribution in [2.45, 2.75) is 177 Å². The van der Waals surface area contributed by atoms with E-state index in [1.165, 1.54) is 52.8 Å². The third-order valence-corrected chi connectivity index (χ3v) is 19.3. The number of hydrogen-bond donors (Lipinski definition) is 12. The molecule has 103 heavy (non-hydrogen) atoms. The number of anilines is 1. The minimum absolute atomic E-state index is 0.0213. The van der Waals surface area contributed by atoms with Crippen molar-refractivity contribution in [3.63, 3.8) is 0 Å². The zero-order valence-electron chi connectivity index (χ0n) is 57.2. The van der Waals surface area contributed by atoms with Crippen LogP contribution in [0.1, 0.15) is 150 Å². The molecule has 1 spiro atoms. The first-order chi connectivity index (χ1) is 49.1. The normalized spacial score (nSPS) is 23.5. The number of carbonyl (C=O) groups is 13. The molecule has 13 N–H and O–H groups in total. The van der Waals surface area contributed by atoms with E-state index in [0.29, 0.717) is 67.3 Å². The molecule has 3 saturated heterocycles. The monoisotopic (exact) mass is 1450 g/mol. The van der Waals surface area contributed by atoms with Gasteiger partial charge in [0.1, 0.15) is 65.3 Å². The third-order valence-electron chi connectivity index (χ3n) is 19.1. The number of esters is 1. The summed E-state index contributed by atoms with van der Waals surface area (Å²) < 4.78 is 12.3. The second-order valence-electron chi connectivity index (χ2n) is 26.5. The molecule has 6 heterocycles. The van der Waals surface area contributed by atoms with E-state index in [1.807, 2.05) is 0 Å². The summed E-state index contributed by atoms with van der Waals surface area (Å²) in [7, 11) is 0. The fraction of sp³-hybridized carbons (Fsp3) is 0.514. The highest BCUT2D eigenvalue weighted by Crippen LogP contribution is 2.57. The van der Waals surface area contributed by atoms with Crippen molar-refractivity contribution in [2.75, 3.05) is 57.7 Å². The van der Waals surface area contributed by atoms with Crippen LogP contribution in [0.15, 0.2) is 66.7 Å². The van der Waals surface area contributed by atoms with E-state index < -0.39 is 170 Å². The Labute approximate surface area is 598 Å². The smallest absolute Gasteiger partial charge is 0.340 e. The number of fused-ring (bicyclic) bond motifs is 9. The van der Waals surface area contributed by atoms with E-state index in [9.17, 15) is 87.9 Å². The van der Waals surface area contributed by atoms with Crippen molar-refractivity contribution in [2.24, 2.45) is 5.73 Å². The van der Waals surface area contributed by atoms with E-state index in [2.05, 4.69) is 31.9 Å². The maximum atomic E-state index is 14.5. The molecule has 0 saturated carbocycles. The van der Waals surface area contributed by atoms with Crippen LogP contribution >= 0.6 is 12.2 Å². The summed E-state index contributed by atoms with van der Waals surface area (Å²) in [5.74, 6) is -10.8. The van der Waals surface area contributed by atoms with Crippen LogP contribution in [0.3, 0.4) is 0 Å².